The Kier molecular flexibility index (Phi) is 5.16. The van der Waals surface area contributed by atoms with Crippen LogP contribution in [0.25, 0.3) is 0 Å². The van der Waals surface area contributed by atoms with Crippen LogP contribution in [-0.2, 0) is 7.05 Å². The Bertz CT molecular complexity index is 1010. The van der Waals surface area contributed by atoms with Crippen LogP contribution < -0.4 is 0 Å². The van der Waals surface area contributed by atoms with Crippen molar-refractivity contribution in [2.24, 2.45) is 7.05 Å². The average molecular weight is 393 g/mol. The zero-order valence-corrected chi connectivity index (χ0v) is 16.5. The van der Waals surface area contributed by atoms with Gasteiger partial charge in [-0.05, 0) is 37.6 Å². The third-order valence-corrected chi connectivity index (χ3v) is 5.16. The summed E-state index contributed by atoms with van der Waals surface area (Å²) in [6.45, 7) is 3.08. The monoisotopic (exact) mass is 393 g/mol. The van der Waals surface area contributed by atoms with E-state index in [0.717, 1.165) is 0 Å². The molecule has 3 aromatic rings. The number of hydrogen-bond donors (Lipinski definition) is 0. The molecule has 3 heterocycles. The van der Waals surface area contributed by atoms with E-state index in [1.165, 1.54) is 0 Å². The van der Waals surface area contributed by atoms with Crippen LogP contribution in [-0.4, -0.2) is 56.0 Å². The first-order valence-corrected chi connectivity index (χ1v) is 9.61. The molecule has 1 aliphatic heterocycles. The van der Waals surface area contributed by atoms with E-state index in [9.17, 15) is 9.59 Å². The third kappa shape index (κ3) is 3.78. The van der Waals surface area contributed by atoms with Gasteiger partial charge in [0.25, 0.3) is 17.7 Å². The number of rotatable bonds is 3. The van der Waals surface area contributed by atoms with Gasteiger partial charge < -0.3 is 18.9 Å². The number of benzene rings is 1. The normalized spacial score (nSPS) is 17.2. The molecule has 1 aliphatic rings. The van der Waals surface area contributed by atoms with Crippen LogP contribution >= 0.6 is 0 Å². The van der Waals surface area contributed by atoms with E-state index >= 15 is 0 Å². The van der Waals surface area contributed by atoms with Crippen LogP contribution in [0, 0.1) is 6.92 Å². The summed E-state index contributed by atoms with van der Waals surface area (Å²) in [5.74, 6) is 0.655. The van der Waals surface area contributed by atoms with E-state index < -0.39 is 6.04 Å². The molecule has 150 valence electrons. The first-order chi connectivity index (χ1) is 14.0. The molecular weight excluding hydrogens is 370 g/mol. The van der Waals surface area contributed by atoms with Crippen molar-refractivity contribution in [1.82, 2.24) is 24.5 Å². The molecule has 8 nitrogen and oxygen atoms in total. The fourth-order valence-electron chi connectivity index (χ4n) is 3.67. The lowest BCUT2D eigenvalue weighted by atomic mass is 10.1. The molecule has 1 saturated heterocycles. The minimum Gasteiger partial charge on any atom is -0.347 e. The maximum atomic E-state index is 13.2. The van der Waals surface area contributed by atoms with E-state index in [0.29, 0.717) is 49.0 Å². The van der Waals surface area contributed by atoms with Gasteiger partial charge in [0.1, 0.15) is 11.7 Å². The molecule has 1 unspecified atom stereocenters. The minimum atomic E-state index is -0.504. The number of amides is 2. The number of carbonyl (C=O) groups is 2. The molecule has 29 heavy (non-hydrogen) atoms. The van der Waals surface area contributed by atoms with Crippen molar-refractivity contribution in [3.63, 3.8) is 0 Å². The van der Waals surface area contributed by atoms with E-state index in [4.69, 9.17) is 4.52 Å². The highest BCUT2D eigenvalue weighted by Gasteiger charge is 2.36. The fraction of sp³-hybridized carbons (Fsp3) is 0.333. The van der Waals surface area contributed by atoms with Crippen LogP contribution in [0.2, 0.25) is 0 Å². The molecule has 2 aromatic heterocycles. The van der Waals surface area contributed by atoms with Crippen LogP contribution in [0.5, 0.6) is 0 Å². The molecule has 1 fully saturated rings. The number of nitrogens with zero attached hydrogens (tertiary/aromatic N) is 5. The first kappa shape index (κ1) is 18.9. The van der Waals surface area contributed by atoms with Crippen LogP contribution in [0.3, 0.4) is 0 Å². The van der Waals surface area contributed by atoms with Crippen molar-refractivity contribution in [1.29, 1.82) is 0 Å². The van der Waals surface area contributed by atoms with Gasteiger partial charge in [-0.2, -0.15) is 4.98 Å². The summed E-state index contributed by atoms with van der Waals surface area (Å²) in [4.78, 5) is 34.2. The topological polar surface area (TPSA) is 84.5 Å². The summed E-state index contributed by atoms with van der Waals surface area (Å²) < 4.78 is 7.22. The molecule has 2 amide bonds. The van der Waals surface area contributed by atoms with Gasteiger partial charge in [-0.25, -0.2) is 0 Å². The second-order valence-corrected chi connectivity index (χ2v) is 7.17. The fourth-order valence-corrected chi connectivity index (χ4v) is 3.67. The quantitative estimate of drug-likeness (QED) is 0.682. The predicted molar refractivity (Wildman–Crippen MR) is 105 cm³/mol. The van der Waals surface area contributed by atoms with Crippen molar-refractivity contribution in [3.05, 3.63) is 71.6 Å². The van der Waals surface area contributed by atoms with Gasteiger partial charge in [-0.3, -0.25) is 9.59 Å². The molecule has 0 bridgehead atoms. The highest BCUT2D eigenvalue weighted by atomic mass is 16.5. The Hall–Kier alpha value is -3.42. The number of carbonyl (C=O) groups excluding carboxylic acids is 2. The van der Waals surface area contributed by atoms with Gasteiger partial charge in [0, 0.05) is 31.9 Å². The van der Waals surface area contributed by atoms with Gasteiger partial charge in [0.2, 0.25) is 0 Å². The number of aromatic nitrogens is 3. The largest absolute Gasteiger partial charge is 0.347 e. The Labute approximate surface area is 168 Å². The van der Waals surface area contributed by atoms with E-state index in [2.05, 4.69) is 10.1 Å². The number of aryl methyl sites for hydroxylation is 2. The maximum absolute atomic E-state index is 13.2. The summed E-state index contributed by atoms with van der Waals surface area (Å²) in [5, 5.41) is 3.89. The van der Waals surface area contributed by atoms with Crippen LogP contribution in [0.1, 0.15) is 45.0 Å². The molecule has 0 spiro atoms. The predicted octanol–water partition coefficient (Wildman–Crippen LogP) is 2.45. The summed E-state index contributed by atoms with van der Waals surface area (Å²) in [6.07, 6.45) is 2.51. The smallest absolute Gasteiger partial charge is 0.270 e. The highest BCUT2D eigenvalue weighted by Crippen LogP contribution is 2.27. The first-order valence-electron chi connectivity index (χ1n) is 9.61. The molecule has 0 saturated carbocycles. The van der Waals surface area contributed by atoms with E-state index in [1.54, 1.807) is 39.5 Å². The molecule has 0 aliphatic carbocycles. The lowest BCUT2D eigenvalue weighted by Gasteiger charge is -2.29. The molecule has 0 radical (unpaired) electrons. The van der Waals surface area contributed by atoms with Gasteiger partial charge in [-0.15, -0.1) is 0 Å². The van der Waals surface area contributed by atoms with Crippen molar-refractivity contribution >= 4 is 11.8 Å². The average Bonchev–Trinajstić information content (AvgIpc) is 3.29. The van der Waals surface area contributed by atoms with Crippen molar-refractivity contribution < 1.29 is 14.1 Å². The third-order valence-electron chi connectivity index (χ3n) is 5.16. The molecular formula is C21H23N5O3. The Morgan fingerprint density at radius 1 is 1.07 bits per heavy atom. The number of hydrogen-bond acceptors (Lipinski definition) is 5. The highest BCUT2D eigenvalue weighted by molar-refractivity contribution is 5.95. The Morgan fingerprint density at radius 2 is 1.86 bits per heavy atom. The van der Waals surface area contributed by atoms with Gasteiger partial charge in [-0.1, -0.05) is 23.4 Å². The van der Waals surface area contributed by atoms with E-state index in [1.807, 2.05) is 37.5 Å². The van der Waals surface area contributed by atoms with Crippen molar-refractivity contribution in [3.8, 4) is 0 Å². The zero-order chi connectivity index (χ0) is 20.4. The SMILES string of the molecule is Cc1noc(C2CN(C(=O)c3cccn3C)CCCN2C(=O)c2ccccc2)n1. The summed E-state index contributed by atoms with van der Waals surface area (Å²) >= 11 is 0. The van der Waals surface area contributed by atoms with Crippen molar-refractivity contribution in [2.45, 2.75) is 19.4 Å². The minimum absolute atomic E-state index is 0.0762. The lowest BCUT2D eigenvalue weighted by molar-refractivity contribution is 0.0589. The second kappa shape index (κ2) is 7.90. The Morgan fingerprint density at radius 3 is 2.52 bits per heavy atom. The lowest BCUT2D eigenvalue weighted by Crippen LogP contribution is -2.40. The zero-order valence-electron chi connectivity index (χ0n) is 16.5. The van der Waals surface area contributed by atoms with Crippen molar-refractivity contribution in [2.75, 3.05) is 19.6 Å². The molecule has 8 heteroatoms. The molecule has 4 rings (SSSR count). The molecule has 1 atom stereocenters. The maximum Gasteiger partial charge on any atom is 0.270 e. The second-order valence-electron chi connectivity index (χ2n) is 7.17. The van der Waals surface area contributed by atoms with Gasteiger partial charge in [0.05, 0.1) is 6.54 Å². The molecule has 0 N–H and O–H groups in total. The summed E-state index contributed by atoms with van der Waals surface area (Å²) in [6, 6.07) is 12.3. The standard InChI is InChI=1S/C21H23N5O3/c1-15-22-19(29-23-15)18-14-25(21(28)17-10-6-11-24(17)2)12-7-13-26(18)20(27)16-8-4-3-5-9-16/h3-6,8-11,18H,7,12-14H2,1-2H3. The Balaban J connectivity index is 1.67. The van der Waals surface area contributed by atoms with Gasteiger partial charge >= 0.3 is 0 Å². The van der Waals surface area contributed by atoms with Crippen LogP contribution in [0.15, 0.2) is 53.2 Å². The van der Waals surface area contributed by atoms with Gasteiger partial charge in [0.15, 0.2) is 5.82 Å². The summed E-state index contributed by atoms with van der Waals surface area (Å²) in [5.41, 5.74) is 1.20. The molecule has 1 aromatic carbocycles. The summed E-state index contributed by atoms with van der Waals surface area (Å²) in [7, 11) is 1.84. The van der Waals surface area contributed by atoms with E-state index in [-0.39, 0.29) is 11.8 Å². The van der Waals surface area contributed by atoms with Crippen LogP contribution in [0.4, 0.5) is 0 Å².